The molecule has 0 aliphatic heterocycles. The first-order valence-corrected chi connectivity index (χ1v) is 11.7. The molecule has 0 fully saturated rings. The zero-order valence-electron chi connectivity index (χ0n) is 18.7. The van der Waals surface area contributed by atoms with Gasteiger partial charge in [0.05, 0.1) is 12.1 Å². The number of rotatable bonds is 9. The molecular formula is C25H26F3N3O2S. The van der Waals surface area contributed by atoms with Crippen LogP contribution in [0.3, 0.4) is 0 Å². The number of carbonyl (C=O) groups excluding carboxylic acids is 2. The summed E-state index contributed by atoms with van der Waals surface area (Å²) in [4.78, 5) is 30.2. The van der Waals surface area contributed by atoms with Gasteiger partial charge in [0.1, 0.15) is 6.54 Å². The quantitative estimate of drug-likeness (QED) is 0.387. The highest BCUT2D eigenvalue weighted by Crippen LogP contribution is 2.29. The summed E-state index contributed by atoms with van der Waals surface area (Å²) >= 11 is 1.55. The Kier molecular flexibility index (Phi) is 8.70. The van der Waals surface area contributed by atoms with Crippen molar-refractivity contribution in [2.24, 2.45) is 0 Å². The van der Waals surface area contributed by atoms with E-state index in [4.69, 9.17) is 0 Å². The number of hydrogen-bond donors (Lipinski definition) is 1. The van der Waals surface area contributed by atoms with Crippen LogP contribution in [0.4, 0.5) is 23.7 Å². The number of anilines is 1. The topological polar surface area (TPSA) is 52.7 Å². The molecule has 0 atom stereocenters. The lowest BCUT2D eigenvalue weighted by atomic mass is 10.2. The molecule has 0 aliphatic carbocycles. The average molecular weight is 490 g/mol. The van der Waals surface area contributed by atoms with Gasteiger partial charge in [0.2, 0.25) is 5.91 Å². The number of hydrogen-bond acceptors (Lipinski definition) is 3. The van der Waals surface area contributed by atoms with Crippen molar-refractivity contribution in [3.05, 3.63) is 88.1 Å². The van der Waals surface area contributed by atoms with Gasteiger partial charge < -0.3 is 15.1 Å². The maximum absolute atomic E-state index is 13.3. The molecule has 0 bridgehead atoms. The maximum Gasteiger partial charge on any atom is 0.416 e. The molecule has 0 saturated heterocycles. The lowest BCUT2D eigenvalue weighted by Gasteiger charge is -2.27. The fourth-order valence-electron chi connectivity index (χ4n) is 3.36. The van der Waals surface area contributed by atoms with Crippen LogP contribution >= 0.6 is 11.3 Å². The van der Waals surface area contributed by atoms with Gasteiger partial charge >= 0.3 is 12.2 Å². The van der Waals surface area contributed by atoms with Crippen LogP contribution in [0, 0.1) is 0 Å². The zero-order chi connectivity index (χ0) is 24.6. The Labute approximate surface area is 200 Å². The van der Waals surface area contributed by atoms with Crippen molar-refractivity contribution >= 4 is 29.0 Å². The first-order valence-electron chi connectivity index (χ1n) is 10.8. The second kappa shape index (κ2) is 11.7. The minimum absolute atomic E-state index is 0.140. The second-order valence-electron chi connectivity index (χ2n) is 7.74. The average Bonchev–Trinajstić information content (AvgIpc) is 3.32. The number of thiophene rings is 1. The number of nitrogens with one attached hydrogen (secondary N) is 1. The molecule has 3 amide bonds. The highest BCUT2D eigenvalue weighted by molar-refractivity contribution is 7.09. The molecule has 0 radical (unpaired) electrons. The minimum Gasteiger partial charge on any atom is -0.332 e. The first-order chi connectivity index (χ1) is 16.3. The van der Waals surface area contributed by atoms with Gasteiger partial charge in [-0.2, -0.15) is 13.2 Å². The highest BCUT2D eigenvalue weighted by Gasteiger charge is 2.30. The Morgan fingerprint density at radius 1 is 0.912 bits per heavy atom. The summed E-state index contributed by atoms with van der Waals surface area (Å²) < 4.78 is 38.4. The number of benzene rings is 2. The van der Waals surface area contributed by atoms with Crippen LogP contribution in [0.25, 0.3) is 0 Å². The van der Waals surface area contributed by atoms with E-state index in [1.54, 1.807) is 16.2 Å². The lowest BCUT2D eigenvalue weighted by molar-refractivity contribution is -0.137. The van der Waals surface area contributed by atoms with Gasteiger partial charge in [-0.3, -0.25) is 4.79 Å². The molecule has 0 spiro atoms. The van der Waals surface area contributed by atoms with E-state index in [9.17, 15) is 22.8 Å². The van der Waals surface area contributed by atoms with Gasteiger partial charge in [-0.25, -0.2) is 4.79 Å². The number of halogens is 3. The van der Waals surface area contributed by atoms with Gasteiger partial charge in [-0.15, -0.1) is 11.3 Å². The number of alkyl halides is 3. The summed E-state index contributed by atoms with van der Waals surface area (Å²) in [6.07, 6.45) is -3.83. The summed E-state index contributed by atoms with van der Waals surface area (Å²) in [5.74, 6) is -0.215. The maximum atomic E-state index is 13.3. The van der Waals surface area contributed by atoms with Crippen molar-refractivity contribution in [2.75, 3.05) is 18.4 Å². The molecule has 1 heterocycles. The van der Waals surface area contributed by atoms with Crippen LogP contribution in [0.15, 0.2) is 72.1 Å². The zero-order valence-corrected chi connectivity index (χ0v) is 19.5. The summed E-state index contributed by atoms with van der Waals surface area (Å²) in [5, 5.41) is 4.54. The third kappa shape index (κ3) is 7.34. The molecule has 5 nitrogen and oxygen atoms in total. The SMILES string of the molecule is CCCN(CC(=O)N(Cc1ccccc1)Cc1cccs1)C(=O)Nc1ccc(C(F)(F)F)cc1. The van der Waals surface area contributed by atoms with E-state index >= 15 is 0 Å². The molecule has 1 N–H and O–H groups in total. The molecule has 34 heavy (non-hydrogen) atoms. The molecular weight excluding hydrogens is 463 g/mol. The van der Waals surface area contributed by atoms with E-state index in [-0.39, 0.29) is 18.1 Å². The predicted molar refractivity (Wildman–Crippen MR) is 127 cm³/mol. The van der Waals surface area contributed by atoms with Crippen molar-refractivity contribution < 1.29 is 22.8 Å². The van der Waals surface area contributed by atoms with Crippen molar-refractivity contribution in [3.8, 4) is 0 Å². The summed E-state index contributed by atoms with van der Waals surface area (Å²) in [6, 6.07) is 17.2. The van der Waals surface area contributed by atoms with Crippen LogP contribution in [0.1, 0.15) is 29.3 Å². The third-order valence-electron chi connectivity index (χ3n) is 5.07. The molecule has 180 valence electrons. The van der Waals surface area contributed by atoms with E-state index in [1.165, 1.54) is 17.0 Å². The van der Waals surface area contributed by atoms with Gasteiger partial charge in [0.15, 0.2) is 0 Å². The molecule has 1 aromatic heterocycles. The van der Waals surface area contributed by atoms with Gasteiger partial charge in [0.25, 0.3) is 0 Å². The molecule has 0 saturated carbocycles. The Balaban J connectivity index is 1.70. The van der Waals surface area contributed by atoms with Crippen molar-refractivity contribution in [2.45, 2.75) is 32.6 Å². The van der Waals surface area contributed by atoms with Crippen molar-refractivity contribution in [3.63, 3.8) is 0 Å². The van der Waals surface area contributed by atoms with Gasteiger partial charge in [-0.1, -0.05) is 43.3 Å². The third-order valence-corrected chi connectivity index (χ3v) is 5.93. The van der Waals surface area contributed by atoms with E-state index in [2.05, 4.69) is 5.32 Å². The Morgan fingerprint density at radius 3 is 2.21 bits per heavy atom. The normalized spacial score (nSPS) is 11.2. The molecule has 0 aliphatic rings. The minimum atomic E-state index is -4.45. The monoisotopic (exact) mass is 489 g/mol. The Bertz CT molecular complexity index is 1060. The number of nitrogens with zero attached hydrogens (tertiary/aromatic N) is 2. The standard InChI is InChI=1S/C25H26F3N3O2S/c1-2-14-30(24(33)29-21-12-10-20(11-13-21)25(26,27)28)18-23(32)31(17-22-9-6-15-34-22)16-19-7-4-3-5-8-19/h3-13,15H,2,14,16-18H2,1H3,(H,29,33). The molecule has 9 heteroatoms. The molecule has 2 aromatic carbocycles. The molecule has 0 unspecified atom stereocenters. The van der Waals surface area contributed by atoms with E-state index in [1.807, 2.05) is 54.8 Å². The van der Waals surface area contributed by atoms with Crippen LogP contribution in [0.2, 0.25) is 0 Å². The predicted octanol–water partition coefficient (Wildman–Crippen LogP) is 6.24. The Hall–Kier alpha value is -3.33. The van der Waals surface area contributed by atoms with Crippen LogP contribution in [-0.4, -0.2) is 34.8 Å². The summed E-state index contributed by atoms with van der Waals surface area (Å²) in [5.41, 5.74) is 0.408. The number of urea groups is 1. The highest BCUT2D eigenvalue weighted by atomic mass is 32.1. The second-order valence-corrected chi connectivity index (χ2v) is 8.77. The van der Waals surface area contributed by atoms with E-state index < -0.39 is 17.8 Å². The smallest absolute Gasteiger partial charge is 0.332 e. The first kappa shape index (κ1) is 25.3. The fourth-order valence-corrected chi connectivity index (χ4v) is 4.08. The summed E-state index contributed by atoms with van der Waals surface area (Å²) in [6.45, 7) is 2.90. The van der Waals surface area contributed by atoms with Crippen LogP contribution < -0.4 is 5.32 Å². The van der Waals surface area contributed by atoms with Gasteiger partial charge in [-0.05, 0) is 47.7 Å². The van der Waals surface area contributed by atoms with Crippen LogP contribution in [0.5, 0.6) is 0 Å². The van der Waals surface area contributed by atoms with E-state index in [0.29, 0.717) is 26.1 Å². The molecule has 3 rings (SSSR count). The van der Waals surface area contributed by atoms with Crippen molar-refractivity contribution in [1.82, 2.24) is 9.80 Å². The van der Waals surface area contributed by atoms with Crippen molar-refractivity contribution in [1.29, 1.82) is 0 Å². The fraction of sp³-hybridized carbons (Fsp3) is 0.280. The molecule has 3 aromatic rings. The number of amides is 3. The van der Waals surface area contributed by atoms with Gasteiger partial charge in [0, 0.05) is 23.7 Å². The van der Waals surface area contributed by atoms with E-state index in [0.717, 1.165) is 22.6 Å². The number of carbonyl (C=O) groups is 2. The summed E-state index contributed by atoms with van der Waals surface area (Å²) in [7, 11) is 0. The Morgan fingerprint density at radius 2 is 1.62 bits per heavy atom. The largest absolute Gasteiger partial charge is 0.416 e. The lowest BCUT2D eigenvalue weighted by Crippen LogP contribution is -2.44. The van der Waals surface area contributed by atoms with Crippen LogP contribution in [-0.2, 0) is 24.1 Å².